The van der Waals surface area contributed by atoms with Crippen LogP contribution in [0.1, 0.15) is 11.3 Å². The van der Waals surface area contributed by atoms with Gasteiger partial charge in [-0.3, -0.25) is 4.98 Å². The summed E-state index contributed by atoms with van der Waals surface area (Å²) in [5, 5.41) is 3.27. The molecule has 1 heterocycles. The van der Waals surface area contributed by atoms with Crippen LogP contribution in [0.25, 0.3) is 0 Å². The molecule has 0 spiro atoms. The number of methoxy groups -OCH3 is 1. The number of aromatic nitrogens is 1. The Labute approximate surface area is 83.1 Å². The van der Waals surface area contributed by atoms with E-state index >= 15 is 0 Å². The molecule has 13 heavy (non-hydrogen) atoms. The molecule has 0 aliphatic heterocycles. The van der Waals surface area contributed by atoms with E-state index in [1.165, 1.54) is 4.88 Å². The van der Waals surface area contributed by atoms with Crippen molar-refractivity contribution in [1.29, 1.82) is 0 Å². The van der Waals surface area contributed by atoms with Gasteiger partial charge in [0.1, 0.15) is 0 Å². The van der Waals surface area contributed by atoms with E-state index in [0.717, 1.165) is 19.4 Å². The van der Waals surface area contributed by atoms with Crippen molar-refractivity contribution in [3.8, 4) is 0 Å². The summed E-state index contributed by atoms with van der Waals surface area (Å²) in [6.45, 7) is 0.810. The molecule has 1 N–H and O–H groups in total. The SMILES string of the molecule is CNC(CCOC)Cc1cncs1. The van der Waals surface area contributed by atoms with E-state index in [1.54, 1.807) is 18.4 Å². The summed E-state index contributed by atoms with van der Waals surface area (Å²) in [7, 11) is 3.72. The summed E-state index contributed by atoms with van der Waals surface area (Å²) < 4.78 is 5.04. The molecule has 0 fully saturated rings. The highest BCUT2D eigenvalue weighted by Gasteiger charge is 2.07. The standard InChI is InChI=1S/C9H16N2OS/c1-10-8(3-4-12-2)5-9-6-11-7-13-9/h6-8,10H,3-5H2,1-2H3. The summed E-state index contributed by atoms with van der Waals surface area (Å²) in [6, 6.07) is 0.500. The van der Waals surface area contributed by atoms with Crippen molar-refractivity contribution in [2.45, 2.75) is 18.9 Å². The molecule has 4 heteroatoms. The quantitative estimate of drug-likeness (QED) is 0.752. The zero-order chi connectivity index (χ0) is 9.52. The Morgan fingerprint density at radius 3 is 3.08 bits per heavy atom. The molecule has 1 aromatic rings. The van der Waals surface area contributed by atoms with Crippen molar-refractivity contribution in [2.75, 3.05) is 20.8 Å². The van der Waals surface area contributed by atoms with E-state index in [9.17, 15) is 0 Å². The highest BCUT2D eigenvalue weighted by molar-refractivity contribution is 7.09. The summed E-state index contributed by atoms with van der Waals surface area (Å²) in [5.74, 6) is 0. The van der Waals surface area contributed by atoms with Crippen LogP contribution in [0.4, 0.5) is 0 Å². The molecule has 3 nitrogen and oxygen atoms in total. The summed E-state index contributed by atoms with van der Waals surface area (Å²) in [4.78, 5) is 5.38. The highest BCUT2D eigenvalue weighted by Crippen LogP contribution is 2.10. The second kappa shape index (κ2) is 6.07. The van der Waals surface area contributed by atoms with Crippen LogP contribution >= 0.6 is 11.3 Å². The first-order valence-electron chi connectivity index (χ1n) is 4.40. The lowest BCUT2D eigenvalue weighted by molar-refractivity contribution is 0.184. The lowest BCUT2D eigenvalue weighted by Crippen LogP contribution is -2.28. The number of likely N-dealkylation sites (N-methyl/N-ethyl adjacent to an activating group) is 1. The number of hydrogen-bond donors (Lipinski definition) is 1. The first kappa shape index (κ1) is 10.6. The fourth-order valence-electron chi connectivity index (χ4n) is 1.19. The van der Waals surface area contributed by atoms with Gasteiger partial charge in [0, 0.05) is 30.8 Å². The fraction of sp³-hybridized carbons (Fsp3) is 0.667. The Hall–Kier alpha value is -0.450. The van der Waals surface area contributed by atoms with Gasteiger partial charge in [0.2, 0.25) is 0 Å². The van der Waals surface area contributed by atoms with Crippen LogP contribution in [0.15, 0.2) is 11.7 Å². The van der Waals surface area contributed by atoms with Gasteiger partial charge in [-0.05, 0) is 19.9 Å². The summed E-state index contributed by atoms with van der Waals surface area (Å²) in [6.07, 6.45) is 4.03. The Balaban J connectivity index is 2.31. The van der Waals surface area contributed by atoms with Crippen molar-refractivity contribution >= 4 is 11.3 Å². The third kappa shape index (κ3) is 3.85. The fourth-order valence-corrected chi connectivity index (χ4v) is 1.87. The minimum absolute atomic E-state index is 0.500. The third-order valence-electron chi connectivity index (χ3n) is 2.01. The van der Waals surface area contributed by atoms with Gasteiger partial charge in [0.15, 0.2) is 0 Å². The minimum atomic E-state index is 0.500. The van der Waals surface area contributed by atoms with Crippen LogP contribution in [-0.2, 0) is 11.2 Å². The second-order valence-electron chi connectivity index (χ2n) is 2.94. The molecule has 0 saturated carbocycles. The smallest absolute Gasteiger partial charge is 0.0794 e. The number of nitrogens with one attached hydrogen (secondary N) is 1. The summed E-state index contributed by atoms with van der Waals surface area (Å²) >= 11 is 1.71. The van der Waals surface area contributed by atoms with Gasteiger partial charge in [0.25, 0.3) is 0 Å². The average Bonchev–Trinajstić information content (AvgIpc) is 2.64. The Kier molecular flexibility index (Phi) is 4.97. The van der Waals surface area contributed by atoms with Gasteiger partial charge in [-0.15, -0.1) is 11.3 Å². The number of thiazole rings is 1. The van der Waals surface area contributed by atoms with E-state index in [0.29, 0.717) is 6.04 Å². The molecule has 0 radical (unpaired) electrons. The Bertz CT molecular complexity index is 213. The lowest BCUT2D eigenvalue weighted by atomic mass is 10.1. The van der Waals surface area contributed by atoms with Gasteiger partial charge < -0.3 is 10.1 Å². The molecule has 0 saturated heterocycles. The third-order valence-corrected chi connectivity index (χ3v) is 2.81. The molecular formula is C9H16N2OS. The van der Waals surface area contributed by atoms with Crippen LogP contribution < -0.4 is 5.32 Å². The molecular weight excluding hydrogens is 184 g/mol. The number of nitrogens with zero attached hydrogens (tertiary/aromatic N) is 1. The molecule has 0 aliphatic carbocycles. The number of rotatable bonds is 6. The van der Waals surface area contributed by atoms with Crippen molar-refractivity contribution in [3.05, 3.63) is 16.6 Å². The van der Waals surface area contributed by atoms with Gasteiger partial charge in [0.05, 0.1) is 5.51 Å². The molecule has 0 bridgehead atoms. The first-order valence-corrected chi connectivity index (χ1v) is 5.28. The molecule has 1 unspecified atom stereocenters. The van der Waals surface area contributed by atoms with E-state index in [4.69, 9.17) is 4.74 Å². The molecule has 74 valence electrons. The Morgan fingerprint density at radius 1 is 1.69 bits per heavy atom. The second-order valence-corrected chi connectivity index (χ2v) is 3.91. The van der Waals surface area contributed by atoms with Gasteiger partial charge in [-0.2, -0.15) is 0 Å². The van der Waals surface area contributed by atoms with E-state index in [2.05, 4.69) is 10.3 Å². The number of hydrogen-bond acceptors (Lipinski definition) is 4. The van der Waals surface area contributed by atoms with Crippen molar-refractivity contribution in [1.82, 2.24) is 10.3 Å². The maximum atomic E-state index is 5.04. The first-order chi connectivity index (χ1) is 6.36. The van der Waals surface area contributed by atoms with Crippen molar-refractivity contribution in [2.24, 2.45) is 0 Å². The zero-order valence-corrected chi connectivity index (χ0v) is 8.93. The molecule has 0 aromatic carbocycles. The van der Waals surface area contributed by atoms with Crippen LogP contribution in [0.3, 0.4) is 0 Å². The van der Waals surface area contributed by atoms with Crippen LogP contribution in [0.5, 0.6) is 0 Å². The predicted molar refractivity (Wildman–Crippen MR) is 55.2 cm³/mol. The molecule has 1 aromatic heterocycles. The topological polar surface area (TPSA) is 34.1 Å². The molecule has 1 rings (SSSR count). The molecule has 0 aliphatic rings. The zero-order valence-electron chi connectivity index (χ0n) is 8.12. The monoisotopic (exact) mass is 200 g/mol. The van der Waals surface area contributed by atoms with Gasteiger partial charge in [-0.1, -0.05) is 0 Å². The van der Waals surface area contributed by atoms with Crippen LogP contribution in [0, 0.1) is 0 Å². The van der Waals surface area contributed by atoms with E-state index in [-0.39, 0.29) is 0 Å². The van der Waals surface area contributed by atoms with Gasteiger partial charge in [-0.25, -0.2) is 0 Å². The van der Waals surface area contributed by atoms with E-state index in [1.807, 2.05) is 18.8 Å². The van der Waals surface area contributed by atoms with Crippen LogP contribution in [0.2, 0.25) is 0 Å². The summed E-state index contributed by atoms with van der Waals surface area (Å²) in [5.41, 5.74) is 1.87. The average molecular weight is 200 g/mol. The number of ether oxygens (including phenoxy) is 1. The molecule has 1 atom stereocenters. The lowest BCUT2D eigenvalue weighted by Gasteiger charge is -2.13. The normalized spacial score (nSPS) is 13.1. The minimum Gasteiger partial charge on any atom is -0.385 e. The maximum absolute atomic E-state index is 5.04. The predicted octanol–water partition coefficient (Wildman–Crippen LogP) is 1.31. The highest BCUT2D eigenvalue weighted by atomic mass is 32.1. The van der Waals surface area contributed by atoms with Gasteiger partial charge >= 0.3 is 0 Å². The Morgan fingerprint density at radius 2 is 2.54 bits per heavy atom. The van der Waals surface area contributed by atoms with Crippen LogP contribution in [-0.4, -0.2) is 31.8 Å². The van der Waals surface area contributed by atoms with Crippen molar-refractivity contribution in [3.63, 3.8) is 0 Å². The maximum Gasteiger partial charge on any atom is 0.0794 e. The van der Waals surface area contributed by atoms with E-state index < -0.39 is 0 Å². The van der Waals surface area contributed by atoms with Crippen molar-refractivity contribution < 1.29 is 4.74 Å². The molecule has 0 amide bonds. The largest absolute Gasteiger partial charge is 0.385 e.